The molecule has 0 saturated heterocycles. The lowest BCUT2D eigenvalue weighted by atomic mass is 10.0. The first kappa shape index (κ1) is 8.94. The van der Waals surface area contributed by atoms with E-state index in [2.05, 4.69) is 22.1 Å². The molecule has 0 aromatic carbocycles. The van der Waals surface area contributed by atoms with Gasteiger partial charge in [0.1, 0.15) is 0 Å². The van der Waals surface area contributed by atoms with Crippen molar-refractivity contribution in [3.8, 4) is 0 Å². The second-order valence-corrected chi connectivity index (χ2v) is 4.11. The van der Waals surface area contributed by atoms with Crippen molar-refractivity contribution in [2.45, 2.75) is 12.5 Å². The molecule has 3 heteroatoms. The summed E-state index contributed by atoms with van der Waals surface area (Å²) in [6.45, 7) is 1.60. The second-order valence-electron chi connectivity index (χ2n) is 3.33. The molecule has 1 atom stereocenters. The van der Waals surface area contributed by atoms with E-state index in [4.69, 9.17) is 0 Å². The molecule has 1 aliphatic heterocycles. The van der Waals surface area contributed by atoms with Crippen LogP contribution in [0.15, 0.2) is 28.5 Å². The van der Waals surface area contributed by atoms with Crippen molar-refractivity contribution in [2.24, 2.45) is 0 Å². The van der Waals surface area contributed by atoms with Crippen LogP contribution in [-0.2, 0) is 6.42 Å². The molecule has 1 aromatic rings. The van der Waals surface area contributed by atoms with Crippen LogP contribution in [0.25, 0.3) is 0 Å². The van der Waals surface area contributed by atoms with Gasteiger partial charge in [-0.15, -0.1) is 0 Å². The third kappa shape index (κ3) is 2.40. The average Bonchev–Trinajstić information content (AvgIpc) is 2.57. The Labute approximate surface area is 81.9 Å². The summed E-state index contributed by atoms with van der Waals surface area (Å²) < 4.78 is 0. The smallest absolute Gasteiger partial charge is 0.0848 e. The number of hydrogen-bond donors (Lipinski definition) is 2. The lowest BCUT2D eigenvalue weighted by Gasteiger charge is -2.18. The minimum Gasteiger partial charge on any atom is -0.388 e. The van der Waals surface area contributed by atoms with Crippen LogP contribution in [0.4, 0.5) is 0 Å². The first-order chi connectivity index (χ1) is 6.34. The Morgan fingerprint density at radius 1 is 1.62 bits per heavy atom. The topological polar surface area (TPSA) is 32.3 Å². The highest BCUT2D eigenvalue weighted by Crippen LogP contribution is 2.13. The molecule has 1 aromatic heterocycles. The van der Waals surface area contributed by atoms with E-state index >= 15 is 0 Å². The van der Waals surface area contributed by atoms with Crippen molar-refractivity contribution in [3.05, 3.63) is 34.0 Å². The Balaban J connectivity index is 2.02. The van der Waals surface area contributed by atoms with Gasteiger partial charge in [0.25, 0.3) is 0 Å². The van der Waals surface area contributed by atoms with Crippen LogP contribution >= 0.6 is 11.3 Å². The summed E-state index contributed by atoms with van der Waals surface area (Å²) in [7, 11) is 0. The van der Waals surface area contributed by atoms with Crippen molar-refractivity contribution in [1.82, 2.24) is 5.32 Å². The van der Waals surface area contributed by atoms with Crippen LogP contribution in [0.3, 0.4) is 0 Å². The summed E-state index contributed by atoms with van der Waals surface area (Å²) in [5, 5.41) is 16.8. The summed E-state index contributed by atoms with van der Waals surface area (Å²) in [4.78, 5) is 0. The summed E-state index contributed by atoms with van der Waals surface area (Å²) in [6.07, 6.45) is 2.63. The van der Waals surface area contributed by atoms with E-state index < -0.39 is 0 Å². The third-order valence-corrected chi connectivity index (χ3v) is 2.88. The molecular formula is C10H13NOS. The Kier molecular flexibility index (Phi) is 2.78. The summed E-state index contributed by atoms with van der Waals surface area (Å²) in [5.41, 5.74) is 2.63. The van der Waals surface area contributed by atoms with Gasteiger partial charge in [0.05, 0.1) is 6.10 Å². The van der Waals surface area contributed by atoms with Crippen LogP contribution in [0.5, 0.6) is 0 Å². The molecule has 0 amide bonds. The molecule has 70 valence electrons. The fourth-order valence-corrected chi connectivity index (χ4v) is 2.22. The molecule has 0 bridgehead atoms. The molecule has 13 heavy (non-hydrogen) atoms. The van der Waals surface area contributed by atoms with Crippen LogP contribution in [0.2, 0.25) is 0 Å². The second kappa shape index (κ2) is 4.05. The standard InChI is InChI=1S/C10H13NOS/c12-10-4-9(5-11-6-10)3-8-1-2-13-7-8/h1-2,4,7,10-12H,3,5-6H2. The maximum absolute atomic E-state index is 9.37. The largest absolute Gasteiger partial charge is 0.388 e. The van der Waals surface area contributed by atoms with Crippen molar-refractivity contribution in [3.63, 3.8) is 0 Å². The first-order valence-electron chi connectivity index (χ1n) is 4.44. The van der Waals surface area contributed by atoms with Crippen molar-refractivity contribution in [2.75, 3.05) is 13.1 Å². The van der Waals surface area contributed by atoms with Gasteiger partial charge in [-0.25, -0.2) is 0 Å². The highest BCUT2D eigenvalue weighted by Gasteiger charge is 2.10. The molecule has 0 fully saturated rings. The zero-order chi connectivity index (χ0) is 9.10. The van der Waals surface area contributed by atoms with E-state index in [0.717, 1.165) is 13.0 Å². The number of rotatable bonds is 2. The number of aliphatic hydroxyl groups excluding tert-OH is 1. The summed E-state index contributed by atoms with van der Waals surface area (Å²) in [6, 6.07) is 2.13. The Hall–Kier alpha value is -0.640. The van der Waals surface area contributed by atoms with Gasteiger partial charge < -0.3 is 10.4 Å². The maximum Gasteiger partial charge on any atom is 0.0848 e. The summed E-state index contributed by atoms with van der Waals surface area (Å²) >= 11 is 1.72. The van der Waals surface area contributed by atoms with Crippen LogP contribution in [0.1, 0.15) is 5.56 Å². The van der Waals surface area contributed by atoms with E-state index in [1.165, 1.54) is 11.1 Å². The van der Waals surface area contributed by atoms with Gasteiger partial charge in [0.15, 0.2) is 0 Å². The van der Waals surface area contributed by atoms with Gasteiger partial charge in [-0.2, -0.15) is 11.3 Å². The van der Waals surface area contributed by atoms with Crippen molar-refractivity contribution in [1.29, 1.82) is 0 Å². The quantitative estimate of drug-likeness (QED) is 0.695. The predicted molar refractivity (Wildman–Crippen MR) is 55.0 cm³/mol. The lowest BCUT2D eigenvalue weighted by molar-refractivity contribution is 0.213. The Morgan fingerprint density at radius 2 is 2.54 bits per heavy atom. The highest BCUT2D eigenvalue weighted by atomic mass is 32.1. The first-order valence-corrected chi connectivity index (χ1v) is 5.38. The minimum absolute atomic E-state index is 0.303. The molecule has 0 radical (unpaired) electrons. The van der Waals surface area contributed by atoms with Crippen molar-refractivity contribution < 1.29 is 5.11 Å². The molecule has 0 aliphatic carbocycles. The summed E-state index contributed by atoms with van der Waals surface area (Å²) in [5.74, 6) is 0. The molecule has 2 heterocycles. The van der Waals surface area contributed by atoms with Crippen LogP contribution in [0, 0.1) is 0 Å². The van der Waals surface area contributed by atoms with Crippen LogP contribution < -0.4 is 5.32 Å². The maximum atomic E-state index is 9.37. The zero-order valence-electron chi connectivity index (χ0n) is 7.36. The fraction of sp³-hybridized carbons (Fsp3) is 0.400. The van der Waals surface area contributed by atoms with E-state index in [1.807, 2.05) is 6.08 Å². The molecule has 1 unspecified atom stereocenters. The molecular weight excluding hydrogens is 182 g/mol. The van der Waals surface area contributed by atoms with Crippen molar-refractivity contribution >= 4 is 11.3 Å². The van der Waals surface area contributed by atoms with Crippen LogP contribution in [-0.4, -0.2) is 24.3 Å². The predicted octanol–water partition coefficient (Wildman–Crippen LogP) is 1.18. The van der Waals surface area contributed by atoms with Gasteiger partial charge in [-0.3, -0.25) is 0 Å². The molecule has 1 aliphatic rings. The number of nitrogens with one attached hydrogen (secondary N) is 1. The molecule has 2 nitrogen and oxygen atoms in total. The number of aliphatic hydroxyl groups is 1. The Bertz CT molecular complexity index is 292. The normalized spacial score (nSPS) is 22.8. The number of β-amino-alcohol motifs (C(OH)–C–C–N with tert-alkyl or cyclic N) is 1. The number of hydrogen-bond acceptors (Lipinski definition) is 3. The lowest BCUT2D eigenvalue weighted by Crippen LogP contribution is -2.32. The van der Waals surface area contributed by atoms with E-state index in [-0.39, 0.29) is 6.10 Å². The van der Waals surface area contributed by atoms with E-state index in [1.54, 1.807) is 11.3 Å². The van der Waals surface area contributed by atoms with E-state index in [9.17, 15) is 5.11 Å². The third-order valence-electron chi connectivity index (χ3n) is 2.14. The fourth-order valence-electron chi connectivity index (χ4n) is 1.55. The molecule has 0 spiro atoms. The monoisotopic (exact) mass is 195 g/mol. The molecule has 2 N–H and O–H groups in total. The SMILES string of the molecule is OC1C=C(Cc2ccsc2)CNC1. The van der Waals surface area contributed by atoms with Gasteiger partial charge >= 0.3 is 0 Å². The average molecular weight is 195 g/mol. The molecule has 2 rings (SSSR count). The van der Waals surface area contributed by atoms with Gasteiger partial charge in [-0.05, 0) is 28.8 Å². The Morgan fingerprint density at radius 3 is 3.23 bits per heavy atom. The highest BCUT2D eigenvalue weighted by molar-refractivity contribution is 7.07. The van der Waals surface area contributed by atoms with Gasteiger partial charge in [0, 0.05) is 13.1 Å². The minimum atomic E-state index is -0.303. The van der Waals surface area contributed by atoms with Gasteiger partial charge in [0.2, 0.25) is 0 Å². The number of thiophene rings is 1. The van der Waals surface area contributed by atoms with E-state index in [0.29, 0.717) is 6.54 Å². The molecule has 0 saturated carbocycles. The van der Waals surface area contributed by atoms with Gasteiger partial charge in [-0.1, -0.05) is 11.6 Å². The zero-order valence-corrected chi connectivity index (χ0v) is 8.18.